The van der Waals surface area contributed by atoms with Crippen LogP contribution in [0, 0.1) is 6.92 Å². The molecule has 0 fully saturated rings. The topological polar surface area (TPSA) is 95.3 Å². The number of thiophene rings is 1. The zero-order valence-electron chi connectivity index (χ0n) is 20.7. The fraction of sp³-hybridized carbons (Fsp3) is 0.360. The van der Waals surface area contributed by atoms with Crippen molar-refractivity contribution in [2.24, 2.45) is 0 Å². The number of nitrogens with zero attached hydrogens (tertiary/aromatic N) is 3. The number of hydrogen-bond donors (Lipinski definition) is 1. The van der Waals surface area contributed by atoms with Crippen LogP contribution < -0.4 is 10.1 Å². The third kappa shape index (κ3) is 6.89. The summed E-state index contributed by atoms with van der Waals surface area (Å²) in [5.41, 5.74) is 1.40. The van der Waals surface area contributed by atoms with Gasteiger partial charge in [-0.05, 0) is 51.0 Å². The Balaban J connectivity index is 1.71. The van der Waals surface area contributed by atoms with Gasteiger partial charge >= 0.3 is 5.97 Å². The normalized spacial score (nSPS) is 11.7. The average Bonchev–Trinajstić information content (AvgIpc) is 3.44. The van der Waals surface area contributed by atoms with Crippen molar-refractivity contribution < 1.29 is 19.1 Å². The molecule has 11 heteroatoms. The highest BCUT2D eigenvalue weighted by Crippen LogP contribution is 2.32. The van der Waals surface area contributed by atoms with Crippen LogP contribution in [0.15, 0.2) is 42.1 Å². The predicted octanol–water partition coefficient (Wildman–Crippen LogP) is 6.10. The molecule has 1 unspecified atom stereocenters. The lowest BCUT2D eigenvalue weighted by Crippen LogP contribution is -2.17. The number of anilines is 1. The second-order valence-corrected chi connectivity index (χ2v) is 10.3. The SMILES string of the molecule is C=CCn1c(SCC(=O)Nc2sc(CC)cc2C(=O)OCC)nnc1C(C)Oc1cc(C)ccc1Cl. The first-order valence-electron chi connectivity index (χ1n) is 11.5. The number of ether oxygens (including phenoxy) is 2. The second-order valence-electron chi connectivity index (χ2n) is 7.80. The van der Waals surface area contributed by atoms with E-state index < -0.39 is 12.1 Å². The zero-order chi connectivity index (χ0) is 26.2. The molecule has 2 aromatic heterocycles. The molecule has 2 heterocycles. The van der Waals surface area contributed by atoms with Crippen molar-refractivity contribution in [1.82, 2.24) is 14.8 Å². The largest absolute Gasteiger partial charge is 0.481 e. The van der Waals surface area contributed by atoms with Crippen molar-refractivity contribution >= 4 is 51.6 Å². The average molecular weight is 549 g/mol. The number of amides is 1. The van der Waals surface area contributed by atoms with Gasteiger partial charge in [0.25, 0.3) is 0 Å². The monoisotopic (exact) mass is 548 g/mol. The number of hydrogen-bond acceptors (Lipinski definition) is 8. The van der Waals surface area contributed by atoms with Crippen molar-refractivity contribution in [3.63, 3.8) is 0 Å². The van der Waals surface area contributed by atoms with Gasteiger partial charge < -0.3 is 14.8 Å². The van der Waals surface area contributed by atoms with Crippen molar-refractivity contribution in [2.45, 2.75) is 51.9 Å². The van der Waals surface area contributed by atoms with Crippen LogP contribution in [-0.4, -0.2) is 39.0 Å². The summed E-state index contributed by atoms with van der Waals surface area (Å²) in [6.07, 6.45) is 2.04. The Bertz CT molecular complexity index is 1240. The van der Waals surface area contributed by atoms with Crippen LogP contribution in [-0.2, 0) is 22.5 Å². The highest BCUT2D eigenvalue weighted by molar-refractivity contribution is 7.99. The third-order valence-electron chi connectivity index (χ3n) is 5.02. The Hall–Kier alpha value is -2.82. The van der Waals surface area contributed by atoms with Gasteiger partial charge in [0.05, 0.1) is 22.9 Å². The van der Waals surface area contributed by atoms with Crippen LogP contribution >= 0.6 is 34.7 Å². The number of allylic oxidation sites excluding steroid dienone is 1. The first kappa shape index (κ1) is 27.8. The summed E-state index contributed by atoms with van der Waals surface area (Å²) in [6.45, 7) is 12.1. The van der Waals surface area contributed by atoms with Crippen molar-refractivity contribution in [1.29, 1.82) is 0 Å². The number of carbonyl (C=O) groups is 2. The van der Waals surface area contributed by atoms with E-state index in [1.165, 1.54) is 23.1 Å². The third-order valence-corrected chi connectivity index (χ3v) is 7.50. The first-order valence-corrected chi connectivity index (χ1v) is 13.6. The van der Waals surface area contributed by atoms with Crippen molar-refractivity contribution in [3.8, 4) is 5.75 Å². The Kier molecular flexibility index (Phi) is 9.98. The van der Waals surface area contributed by atoms with E-state index in [0.29, 0.717) is 38.9 Å². The molecule has 0 spiro atoms. The predicted molar refractivity (Wildman–Crippen MR) is 144 cm³/mol. The van der Waals surface area contributed by atoms with E-state index in [1.54, 1.807) is 25.1 Å². The molecule has 0 aliphatic carbocycles. The van der Waals surface area contributed by atoms with Crippen LogP contribution in [0.2, 0.25) is 5.02 Å². The van der Waals surface area contributed by atoms with E-state index in [0.717, 1.165) is 16.9 Å². The van der Waals surface area contributed by atoms with E-state index in [4.69, 9.17) is 21.1 Å². The molecule has 1 aromatic carbocycles. The molecular weight excluding hydrogens is 520 g/mol. The van der Waals surface area contributed by atoms with Crippen LogP contribution in [0.1, 0.15) is 53.5 Å². The molecule has 1 N–H and O–H groups in total. The number of aromatic nitrogens is 3. The molecule has 0 saturated heterocycles. The highest BCUT2D eigenvalue weighted by Gasteiger charge is 2.22. The van der Waals surface area contributed by atoms with E-state index in [9.17, 15) is 9.59 Å². The smallest absolute Gasteiger partial charge is 0.341 e. The van der Waals surface area contributed by atoms with Crippen LogP contribution in [0.3, 0.4) is 0 Å². The molecule has 0 radical (unpaired) electrons. The quantitative estimate of drug-likeness (QED) is 0.166. The van der Waals surface area contributed by atoms with Gasteiger partial charge in [-0.15, -0.1) is 28.1 Å². The molecule has 1 atom stereocenters. The number of carbonyl (C=O) groups excluding carboxylic acids is 2. The molecule has 192 valence electrons. The Morgan fingerprint density at radius 2 is 2.08 bits per heavy atom. The van der Waals surface area contributed by atoms with Gasteiger partial charge in [-0.1, -0.05) is 42.4 Å². The Labute approximate surface area is 224 Å². The Morgan fingerprint density at radius 3 is 2.78 bits per heavy atom. The molecule has 3 aromatic rings. The maximum atomic E-state index is 12.7. The van der Waals surface area contributed by atoms with Gasteiger partial charge in [-0.3, -0.25) is 9.36 Å². The maximum absolute atomic E-state index is 12.7. The summed E-state index contributed by atoms with van der Waals surface area (Å²) >= 11 is 8.89. The maximum Gasteiger partial charge on any atom is 0.341 e. The number of aryl methyl sites for hydroxylation is 2. The molecule has 3 rings (SSSR count). The van der Waals surface area contributed by atoms with Gasteiger partial charge in [0.2, 0.25) is 5.91 Å². The Morgan fingerprint density at radius 1 is 1.31 bits per heavy atom. The summed E-state index contributed by atoms with van der Waals surface area (Å²) in [6, 6.07) is 7.33. The standard InChI is InChI=1S/C25H29ClN4O4S2/c1-6-11-30-22(16(5)34-20-12-15(4)9-10-19(20)26)28-29-25(30)35-14-21(31)27-23-18(24(32)33-8-3)13-17(7-2)36-23/h6,9-10,12-13,16H,1,7-8,11,14H2,2-5H3,(H,27,31). The summed E-state index contributed by atoms with van der Waals surface area (Å²) < 4.78 is 13.0. The minimum Gasteiger partial charge on any atom is -0.481 e. The number of nitrogens with one attached hydrogen (secondary N) is 1. The number of halogens is 1. The first-order chi connectivity index (χ1) is 17.3. The van der Waals surface area contributed by atoms with E-state index in [2.05, 4.69) is 22.1 Å². The minimum absolute atomic E-state index is 0.0792. The van der Waals surface area contributed by atoms with E-state index in [1.807, 2.05) is 37.5 Å². The molecule has 0 bridgehead atoms. The lowest BCUT2D eigenvalue weighted by Gasteiger charge is -2.17. The lowest BCUT2D eigenvalue weighted by atomic mass is 10.2. The number of thioether (sulfide) groups is 1. The van der Waals surface area contributed by atoms with Gasteiger partial charge in [-0.25, -0.2) is 4.79 Å². The van der Waals surface area contributed by atoms with Gasteiger partial charge in [0.1, 0.15) is 10.8 Å². The molecule has 0 saturated carbocycles. The molecule has 1 amide bonds. The summed E-state index contributed by atoms with van der Waals surface area (Å²) in [4.78, 5) is 26.0. The molecule has 36 heavy (non-hydrogen) atoms. The van der Waals surface area contributed by atoms with E-state index in [-0.39, 0.29) is 18.3 Å². The fourth-order valence-corrected chi connectivity index (χ4v) is 5.23. The second kappa shape index (κ2) is 12.9. The van der Waals surface area contributed by atoms with Crippen LogP contribution in [0.4, 0.5) is 5.00 Å². The number of rotatable bonds is 12. The number of esters is 1. The fourth-order valence-electron chi connectivity index (χ4n) is 3.31. The van der Waals surface area contributed by atoms with Crippen molar-refractivity contribution in [2.75, 3.05) is 17.7 Å². The highest BCUT2D eigenvalue weighted by atomic mass is 35.5. The van der Waals surface area contributed by atoms with E-state index >= 15 is 0 Å². The van der Waals surface area contributed by atoms with Crippen molar-refractivity contribution in [3.05, 3.63) is 63.8 Å². The van der Waals surface area contributed by atoms with Crippen LogP contribution in [0.5, 0.6) is 5.75 Å². The van der Waals surface area contributed by atoms with Crippen LogP contribution in [0.25, 0.3) is 0 Å². The lowest BCUT2D eigenvalue weighted by molar-refractivity contribution is -0.113. The summed E-state index contributed by atoms with van der Waals surface area (Å²) in [7, 11) is 0. The van der Waals surface area contributed by atoms with Gasteiger partial charge in [0, 0.05) is 11.4 Å². The molecule has 0 aliphatic heterocycles. The van der Waals surface area contributed by atoms with Gasteiger partial charge in [0.15, 0.2) is 17.1 Å². The zero-order valence-corrected chi connectivity index (χ0v) is 23.1. The number of benzene rings is 1. The minimum atomic E-state index is -0.450. The molecule has 0 aliphatic rings. The summed E-state index contributed by atoms with van der Waals surface area (Å²) in [5.74, 6) is 0.516. The van der Waals surface area contributed by atoms with Gasteiger partial charge in [-0.2, -0.15) is 0 Å². The molecule has 8 nitrogen and oxygen atoms in total. The molecular formula is C25H29ClN4O4S2. The summed E-state index contributed by atoms with van der Waals surface area (Å²) in [5, 5.41) is 13.0.